The van der Waals surface area contributed by atoms with E-state index in [-0.39, 0.29) is 12.4 Å². The predicted molar refractivity (Wildman–Crippen MR) is 99.2 cm³/mol. The number of aromatic hydroxyl groups is 1. The summed E-state index contributed by atoms with van der Waals surface area (Å²) in [6, 6.07) is 10.9. The monoisotopic (exact) mass is 353 g/mol. The van der Waals surface area contributed by atoms with E-state index in [1.807, 2.05) is 20.8 Å². The highest BCUT2D eigenvalue weighted by molar-refractivity contribution is 6.14. The Labute approximate surface area is 153 Å². The lowest BCUT2D eigenvalue weighted by Gasteiger charge is -2.20. The molecule has 2 aromatic rings. The number of nitrogens with zero attached hydrogens (tertiary/aromatic N) is 1. The molecule has 1 aliphatic heterocycles. The molecule has 2 atom stereocenters. The zero-order chi connectivity index (χ0) is 18.8. The molecular weight excluding hydrogens is 330 g/mol. The minimum Gasteiger partial charge on any atom is -0.508 e. The Morgan fingerprint density at radius 2 is 1.85 bits per heavy atom. The first-order valence-corrected chi connectivity index (χ1v) is 8.70. The maximum Gasteiger partial charge on any atom is 0.319 e. The van der Waals surface area contributed by atoms with Gasteiger partial charge in [0.1, 0.15) is 17.4 Å². The Hall–Kier alpha value is -2.82. The summed E-state index contributed by atoms with van der Waals surface area (Å²) in [4.78, 5) is 18.4. The molecule has 0 fully saturated rings. The first-order chi connectivity index (χ1) is 12.4. The fourth-order valence-corrected chi connectivity index (χ4v) is 3.59. The highest BCUT2D eigenvalue weighted by Gasteiger charge is 2.44. The van der Waals surface area contributed by atoms with Gasteiger partial charge in [0.2, 0.25) is 0 Å². The van der Waals surface area contributed by atoms with Crippen molar-refractivity contribution in [3.05, 3.63) is 64.2 Å². The van der Waals surface area contributed by atoms with Crippen LogP contribution in [0.5, 0.6) is 5.75 Å². The molecule has 0 aliphatic carbocycles. The molecule has 5 nitrogen and oxygen atoms in total. The Morgan fingerprint density at radius 3 is 2.46 bits per heavy atom. The van der Waals surface area contributed by atoms with Crippen LogP contribution in [0.4, 0.5) is 0 Å². The SMILES string of the molecule is CCOC(=O)[C@H]1C(c2c(C)cc(C)cc2C)=NO[C@@H]1c1ccccc1O. The minimum absolute atomic E-state index is 0.0700. The van der Waals surface area contributed by atoms with Crippen LogP contribution in [0.3, 0.4) is 0 Å². The van der Waals surface area contributed by atoms with E-state index >= 15 is 0 Å². The fraction of sp³-hybridized carbons (Fsp3) is 0.333. The molecule has 0 radical (unpaired) electrons. The van der Waals surface area contributed by atoms with Gasteiger partial charge in [-0.15, -0.1) is 0 Å². The van der Waals surface area contributed by atoms with Crippen LogP contribution in [0.25, 0.3) is 0 Å². The molecule has 0 saturated carbocycles. The van der Waals surface area contributed by atoms with Gasteiger partial charge in [0.25, 0.3) is 0 Å². The topological polar surface area (TPSA) is 68.1 Å². The quantitative estimate of drug-likeness (QED) is 0.845. The molecule has 5 heteroatoms. The van der Waals surface area contributed by atoms with Crippen LogP contribution in [0, 0.1) is 26.7 Å². The Kier molecular flexibility index (Phi) is 4.98. The molecule has 136 valence electrons. The third kappa shape index (κ3) is 3.17. The summed E-state index contributed by atoms with van der Waals surface area (Å²) >= 11 is 0. The molecule has 0 unspecified atom stereocenters. The van der Waals surface area contributed by atoms with E-state index in [9.17, 15) is 9.90 Å². The van der Waals surface area contributed by atoms with Gasteiger partial charge in [-0.1, -0.05) is 41.1 Å². The third-order valence-electron chi connectivity index (χ3n) is 4.58. The molecule has 2 aromatic carbocycles. The largest absolute Gasteiger partial charge is 0.508 e. The summed E-state index contributed by atoms with van der Waals surface area (Å²) in [5, 5.41) is 14.5. The maximum absolute atomic E-state index is 12.7. The van der Waals surface area contributed by atoms with Gasteiger partial charge in [-0.05, 0) is 44.9 Å². The standard InChI is InChI=1S/C21H23NO4/c1-5-25-21(24)18-19(17-13(3)10-12(2)11-14(17)4)22-26-20(18)15-8-6-7-9-16(15)23/h6-11,18,20,23H,5H2,1-4H3/t18-,20+/m0/s1. The lowest BCUT2D eigenvalue weighted by Crippen LogP contribution is -2.30. The van der Waals surface area contributed by atoms with Crippen molar-refractivity contribution < 1.29 is 19.5 Å². The number of para-hydroxylation sites is 1. The van der Waals surface area contributed by atoms with Gasteiger partial charge in [-0.25, -0.2) is 0 Å². The number of phenolic OH excluding ortho intramolecular Hbond substituents is 1. The van der Waals surface area contributed by atoms with Gasteiger partial charge in [0.05, 0.1) is 6.61 Å². The molecule has 0 aromatic heterocycles. The molecule has 0 spiro atoms. The number of benzene rings is 2. The van der Waals surface area contributed by atoms with Gasteiger partial charge >= 0.3 is 5.97 Å². The van der Waals surface area contributed by atoms with E-state index in [2.05, 4.69) is 17.3 Å². The Morgan fingerprint density at radius 1 is 1.19 bits per heavy atom. The molecule has 1 N–H and O–H groups in total. The fourth-order valence-electron chi connectivity index (χ4n) is 3.59. The van der Waals surface area contributed by atoms with Crippen LogP contribution in [0.1, 0.15) is 40.8 Å². The number of aryl methyl sites for hydroxylation is 3. The van der Waals surface area contributed by atoms with Crippen molar-refractivity contribution in [3.8, 4) is 5.75 Å². The van der Waals surface area contributed by atoms with Gasteiger partial charge in [-0.2, -0.15) is 0 Å². The lowest BCUT2D eigenvalue weighted by molar-refractivity contribution is -0.148. The van der Waals surface area contributed by atoms with Crippen molar-refractivity contribution in [3.63, 3.8) is 0 Å². The summed E-state index contributed by atoms with van der Waals surface area (Å²) in [5.41, 5.74) is 5.16. The summed E-state index contributed by atoms with van der Waals surface area (Å²) < 4.78 is 5.29. The first-order valence-electron chi connectivity index (χ1n) is 8.70. The van der Waals surface area contributed by atoms with Crippen molar-refractivity contribution in [1.29, 1.82) is 0 Å². The van der Waals surface area contributed by atoms with Crippen LogP contribution < -0.4 is 0 Å². The van der Waals surface area contributed by atoms with E-state index in [1.165, 1.54) is 0 Å². The van der Waals surface area contributed by atoms with Gasteiger partial charge in [0, 0.05) is 11.1 Å². The number of ether oxygens (including phenoxy) is 1. The van der Waals surface area contributed by atoms with E-state index in [0.29, 0.717) is 11.3 Å². The van der Waals surface area contributed by atoms with Crippen molar-refractivity contribution in [1.82, 2.24) is 0 Å². The first kappa shape index (κ1) is 18.0. The van der Waals surface area contributed by atoms with E-state index < -0.39 is 18.0 Å². The van der Waals surface area contributed by atoms with E-state index in [1.54, 1.807) is 31.2 Å². The smallest absolute Gasteiger partial charge is 0.319 e. The molecule has 1 heterocycles. The minimum atomic E-state index is -0.733. The van der Waals surface area contributed by atoms with Crippen molar-refractivity contribution in [2.75, 3.05) is 6.61 Å². The number of esters is 1. The summed E-state index contributed by atoms with van der Waals surface area (Å²) in [6.45, 7) is 8.05. The zero-order valence-corrected chi connectivity index (χ0v) is 15.4. The maximum atomic E-state index is 12.7. The van der Waals surface area contributed by atoms with Crippen LogP contribution in [-0.4, -0.2) is 23.4 Å². The predicted octanol–water partition coefficient (Wildman–Crippen LogP) is 3.97. The Balaban J connectivity index is 2.09. The average molecular weight is 353 g/mol. The molecule has 0 saturated heterocycles. The molecule has 26 heavy (non-hydrogen) atoms. The molecule has 1 aliphatic rings. The van der Waals surface area contributed by atoms with Gasteiger partial charge in [-0.3, -0.25) is 4.79 Å². The highest BCUT2D eigenvalue weighted by atomic mass is 16.6. The number of hydrogen-bond donors (Lipinski definition) is 1. The number of rotatable bonds is 4. The molecule has 3 rings (SSSR count). The number of carbonyl (C=O) groups excluding carboxylic acids is 1. The lowest BCUT2D eigenvalue weighted by atomic mass is 9.84. The third-order valence-corrected chi connectivity index (χ3v) is 4.58. The van der Waals surface area contributed by atoms with Crippen LogP contribution in [0.2, 0.25) is 0 Å². The van der Waals surface area contributed by atoms with E-state index in [4.69, 9.17) is 9.57 Å². The second-order valence-electron chi connectivity index (χ2n) is 6.56. The number of hydrogen-bond acceptors (Lipinski definition) is 5. The summed E-state index contributed by atoms with van der Waals surface area (Å²) in [6.07, 6.45) is -0.717. The summed E-state index contributed by atoms with van der Waals surface area (Å²) in [5.74, 6) is -1.07. The molecule has 0 amide bonds. The molecular formula is C21H23NO4. The second kappa shape index (κ2) is 7.20. The zero-order valence-electron chi connectivity index (χ0n) is 15.4. The number of phenols is 1. The van der Waals surface area contributed by atoms with Crippen LogP contribution >= 0.6 is 0 Å². The van der Waals surface area contributed by atoms with Crippen molar-refractivity contribution >= 4 is 11.7 Å². The average Bonchev–Trinajstić information content (AvgIpc) is 2.99. The van der Waals surface area contributed by atoms with Gasteiger partial charge in [0.15, 0.2) is 6.10 Å². The normalized spacial score (nSPS) is 19.0. The summed E-state index contributed by atoms with van der Waals surface area (Å²) in [7, 11) is 0. The number of carbonyl (C=O) groups is 1. The highest BCUT2D eigenvalue weighted by Crippen LogP contribution is 2.40. The molecule has 0 bridgehead atoms. The second-order valence-corrected chi connectivity index (χ2v) is 6.56. The number of oxime groups is 1. The van der Waals surface area contributed by atoms with E-state index in [0.717, 1.165) is 22.3 Å². The van der Waals surface area contributed by atoms with Crippen molar-refractivity contribution in [2.45, 2.75) is 33.8 Å². The van der Waals surface area contributed by atoms with Crippen LogP contribution in [-0.2, 0) is 14.4 Å². The van der Waals surface area contributed by atoms with Crippen LogP contribution in [0.15, 0.2) is 41.6 Å². The Bertz CT molecular complexity index is 849. The van der Waals surface area contributed by atoms with Gasteiger partial charge < -0.3 is 14.7 Å². The van der Waals surface area contributed by atoms with Crippen molar-refractivity contribution in [2.24, 2.45) is 11.1 Å².